The highest BCUT2D eigenvalue weighted by molar-refractivity contribution is 5.39. The molecule has 0 unspecified atom stereocenters. The van der Waals surface area contributed by atoms with E-state index in [1.165, 1.54) is 0 Å². The Hall–Kier alpha value is -1.25. The third-order valence-corrected chi connectivity index (χ3v) is 1.98. The van der Waals surface area contributed by atoms with Crippen molar-refractivity contribution in [3.8, 4) is 0 Å². The van der Waals surface area contributed by atoms with Crippen LogP contribution in [0.1, 0.15) is 20.8 Å². The minimum Gasteiger partial charge on any atom is -0.326 e. The van der Waals surface area contributed by atoms with E-state index in [4.69, 9.17) is 0 Å². The van der Waals surface area contributed by atoms with Gasteiger partial charge >= 0.3 is 0 Å². The van der Waals surface area contributed by atoms with E-state index in [2.05, 4.69) is 36.6 Å². The second-order valence-corrected chi connectivity index (χ2v) is 3.97. The van der Waals surface area contributed by atoms with Crippen molar-refractivity contribution in [1.82, 2.24) is 14.2 Å². The number of fused-ring (bicyclic) bond motifs is 1. The lowest BCUT2D eigenvalue weighted by molar-refractivity contribution is 0.409. The van der Waals surface area contributed by atoms with Crippen molar-refractivity contribution < 1.29 is 0 Å². The number of imidazole rings is 1. The molecule has 12 heavy (non-hydrogen) atoms. The molecular weight excluding hydrogens is 150 g/mol. The van der Waals surface area contributed by atoms with Crippen LogP contribution in [0.3, 0.4) is 0 Å². The van der Waals surface area contributed by atoms with E-state index in [1.807, 2.05) is 23.0 Å². The van der Waals surface area contributed by atoms with Gasteiger partial charge < -0.3 is 4.57 Å². The Morgan fingerprint density at radius 1 is 1.25 bits per heavy atom. The average Bonchev–Trinajstić information content (AvgIpc) is 2.37. The minimum atomic E-state index is 0.130. The lowest BCUT2D eigenvalue weighted by Crippen LogP contribution is -2.20. The van der Waals surface area contributed by atoms with Gasteiger partial charge in [0.1, 0.15) is 5.65 Å². The summed E-state index contributed by atoms with van der Waals surface area (Å²) in [6.45, 7) is 6.54. The maximum Gasteiger partial charge on any atom is 0.136 e. The molecule has 0 atom stereocenters. The lowest BCUT2D eigenvalue weighted by Gasteiger charge is -2.21. The molecule has 0 aromatic carbocycles. The number of hydrogen-bond acceptors (Lipinski definition) is 1. The molecule has 0 N–H and O–H groups in total. The molecule has 0 amide bonds. The molecular formula is C9H13N3. The topological polar surface area (TPSA) is 22.2 Å². The highest BCUT2D eigenvalue weighted by Crippen LogP contribution is 2.17. The summed E-state index contributed by atoms with van der Waals surface area (Å²) in [6.07, 6.45) is 5.85. The van der Waals surface area contributed by atoms with Crippen LogP contribution in [0.25, 0.3) is 5.65 Å². The van der Waals surface area contributed by atoms with E-state index in [0.29, 0.717) is 0 Å². The van der Waals surface area contributed by atoms with Crippen LogP contribution in [-0.2, 0) is 5.54 Å². The van der Waals surface area contributed by atoms with Gasteiger partial charge in [-0.3, -0.25) is 0 Å². The zero-order valence-electron chi connectivity index (χ0n) is 7.65. The fourth-order valence-electron chi connectivity index (χ4n) is 1.39. The first-order valence-electron chi connectivity index (χ1n) is 4.10. The standard InChI is InChI=1S/C9H13N3/c1-9(2,3)11-6-7-12-8(11)4-5-10-12/h4-7H,1-3H3. The van der Waals surface area contributed by atoms with Crippen LogP contribution in [-0.4, -0.2) is 14.2 Å². The Kier molecular flexibility index (Phi) is 1.31. The molecule has 0 aliphatic carbocycles. The van der Waals surface area contributed by atoms with Gasteiger partial charge in [-0.1, -0.05) is 0 Å². The van der Waals surface area contributed by atoms with E-state index in [-0.39, 0.29) is 5.54 Å². The molecule has 2 rings (SSSR count). The Morgan fingerprint density at radius 3 is 2.67 bits per heavy atom. The van der Waals surface area contributed by atoms with Crippen molar-refractivity contribution in [3.05, 3.63) is 24.7 Å². The molecule has 0 radical (unpaired) electrons. The van der Waals surface area contributed by atoms with Crippen molar-refractivity contribution in [2.75, 3.05) is 0 Å². The number of rotatable bonds is 0. The van der Waals surface area contributed by atoms with Crippen molar-refractivity contribution >= 4 is 5.65 Å². The highest BCUT2D eigenvalue weighted by atomic mass is 15.3. The van der Waals surface area contributed by atoms with Crippen LogP contribution in [0.2, 0.25) is 0 Å². The van der Waals surface area contributed by atoms with Gasteiger partial charge in [0.25, 0.3) is 0 Å². The van der Waals surface area contributed by atoms with Gasteiger partial charge in [0.05, 0.1) is 6.20 Å². The molecule has 0 aliphatic heterocycles. The van der Waals surface area contributed by atoms with E-state index >= 15 is 0 Å². The Labute approximate surface area is 71.6 Å². The summed E-state index contributed by atoms with van der Waals surface area (Å²) in [6, 6.07) is 2.02. The third-order valence-electron chi connectivity index (χ3n) is 1.98. The van der Waals surface area contributed by atoms with Gasteiger partial charge in [-0.25, -0.2) is 4.52 Å². The van der Waals surface area contributed by atoms with Gasteiger partial charge in [0, 0.05) is 24.0 Å². The van der Waals surface area contributed by atoms with Crippen LogP contribution in [0.5, 0.6) is 0 Å². The molecule has 2 aromatic heterocycles. The van der Waals surface area contributed by atoms with Crippen LogP contribution in [0, 0.1) is 0 Å². The summed E-state index contributed by atoms with van der Waals surface area (Å²) in [5, 5.41) is 4.15. The van der Waals surface area contributed by atoms with Crippen molar-refractivity contribution in [2.24, 2.45) is 0 Å². The largest absolute Gasteiger partial charge is 0.326 e. The van der Waals surface area contributed by atoms with E-state index in [1.54, 1.807) is 0 Å². The molecule has 3 heteroatoms. The maximum atomic E-state index is 4.15. The fraction of sp³-hybridized carbons (Fsp3) is 0.444. The monoisotopic (exact) mass is 163 g/mol. The second kappa shape index (κ2) is 2.12. The minimum absolute atomic E-state index is 0.130. The van der Waals surface area contributed by atoms with Gasteiger partial charge in [-0.05, 0) is 20.8 Å². The zero-order chi connectivity index (χ0) is 8.77. The summed E-state index contributed by atoms with van der Waals surface area (Å²) in [7, 11) is 0. The SMILES string of the molecule is CC(C)(C)n1ccn2nccc12. The summed E-state index contributed by atoms with van der Waals surface area (Å²) >= 11 is 0. The van der Waals surface area contributed by atoms with E-state index < -0.39 is 0 Å². The predicted octanol–water partition coefficient (Wildman–Crippen LogP) is 1.89. The number of hydrogen-bond donors (Lipinski definition) is 0. The van der Waals surface area contributed by atoms with Crippen LogP contribution < -0.4 is 0 Å². The summed E-state index contributed by atoms with van der Waals surface area (Å²) in [4.78, 5) is 0. The first-order valence-corrected chi connectivity index (χ1v) is 4.10. The number of nitrogens with zero attached hydrogens (tertiary/aromatic N) is 3. The Balaban J connectivity index is 2.69. The summed E-state index contributed by atoms with van der Waals surface area (Å²) in [5.74, 6) is 0. The zero-order valence-corrected chi connectivity index (χ0v) is 7.65. The quantitative estimate of drug-likeness (QED) is 0.581. The molecule has 0 bridgehead atoms. The third kappa shape index (κ3) is 0.932. The van der Waals surface area contributed by atoms with Gasteiger partial charge in [-0.2, -0.15) is 5.10 Å². The molecule has 64 valence electrons. The molecule has 3 nitrogen and oxygen atoms in total. The highest BCUT2D eigenvalue weighted by Gasteiger charge is 2.14. The average molecular weight is 163 g/mol. The van der Waals surface area contributed by atoms with Crippen LogP contribution >= 0.6 is 0 Å². The van der Waals surface area contributed by atoms with Crippen LogP contribution in [0.15, 0.2) is 24.7 Å². The van der Waals surface area contributed by atoms with Crippen molar-refractivity contribution in [1.29, 1.82) is 0 Å². The molecule has 0 saturated heterocycles. The Bertz CT molecular complexity index is 389. The molecule has 0 spiro atoms. The van der Waals surface area contributed by atoms with Gasteiger partial charge in [0.15, 0.2) is 0 Å². The number of aromatic nitrogens is 3. The van der Waals surface area contributed by atoms with Crippen molar-refractivity contribution in [2.45, 2.75) is 26.3 Å². The summed E-state index contributed by atoms with van der Waals surface area (Å²) < 4.78 is 4.09. The first kappa shape index (κ1) is 7.40. The fourth-order valence-corrected chi connectivity index (χ4v) is 1.39. The first-order chi connectivity index (χ1) is 5.59. The normalized spacial score (nSPS) is 12.6. The Morgan fingerprint density at radius 2 is 2.00 bits per heavy atom. The van der Waals surface area contributed by atoms with Crippen molar-refractivity contribution in [3.63, 3.8) is 0 Å². The maximum absolute atomic E-state index is 4.15. The van der Waals surface area contributed by atoms with E-state index in [0.717, 1.165) is 5.65 Å². The summed E-state index contributed by atoms with van der Waals surface area (Å²) in [5.41, 5.74) is 1.27. The van der Waals surface area contributed by atoms with Gasteiger partial charge in [0.2, 0.25) is 0 Å². The second-order valence-electron chi connectivity index (χ2n) is 3.97. The molecule has 0 saturated carbocycles. The molecule has 2 aromatic rings. The predicted molar refractivity (Wildman–Crippen MR) is 48.2 cm³/mol. The molecule has 0 fully saturated rings. The lowest BCUT2D eigenvalue weighted by atomic mass is 10.1. The molecule has 0 aliphatic rings. The van der Waals surface area contributed by atoms with Crippen LogP contribution in [0.4, 0.5) is 0 Å². The smallest absolute Gasteiger partial charge is 0.136 e. The molecule has 2 heterocycles. The van der Waals surface area contributed by atoms with Gasteiger partial charge in [-0.15, -0.1) is 0 Å². The van der Waals surface area contributed by atoms with E-state index in [9.17, 15) is 0 Å².